The van der Waals surface area contributed by atoms with E-state index in [1.807, 2.05) is 30.3 Å². The lowest BCUT2D eigenvalue weighted by Crippen LogP contribution is -1.97. The predicted octanol–water partition coefficient (Wildman–Crippen LogP) is 14.5. The number of rotatable bonds is 6. The van der Waals surface area contributed by atoms with Gasteiger partial charge in [-0.25, -0.2) is 9.97 Å². The Bertz CT molecular complexity index is 3570. The van der Waals surface area contributed by atoms with Crippen LogP contribution in [0.2, 0.25) is 0 Å². The molecule has 12 rings (SSSR count). The maximum absolute atomic E-state index is 5.17. The number of hydrogen-bond donors (Lipinski definition) is 0. The summed E-state index contributed by atoms with van der Waals surface area (Å²) in [5, 5.41) is 4.92. The second kappa shape index (κ2) is 13.8. The molecule has 0 aliphatic carbocycles. The third-order valence-electron chi connectivity index (χ3n) is 11.9. The summed E-state index contributed by atoms with van der Waals surface area (Å²) in [4.78, 5) is 10.3. The molecule has 0 aliphatic heterocycles. The Morgan fingerprint density at radius 1 is 0.250 bits per heavy atom. The lowest BCUT2D eigenvalue weighted by molar-refractivity contribution is 1.18. The highest BCUT2D eigenvalue weighted by molar-refractivity contribution is 6.13. The molecule has 0 aliphatic rings. The van der Waals surface area contributed by atoms with Crippen molar-refractivity contribution >= 4 is 54.6 Å². The third kappa shape index (κ3) is 5.53. The molecule has 0 fully saturated rings. The third-order valence-corrected chi connectivity index (χ3v) is 11.9. The molecular weight excluding hydrogens is 729 g/mol. The minimum absolute atomic E-state index is 0.870. The number of fused-ring (bicyclic) bond motifs is 7. The molecule has 12 aromatic rings. The summed E-state index contributed by atoms with van der Waals surface area (Å²) < 4.78 is 4.77. The van der Waals surface area contributed by atoms with Crippen LogP contribution in [0, 0.1) is 0 Å². The highest BCUT2D eigenvalue weighted by Crippen LogP contribution is 2.40. The van der Waals surface area contributed by atoms with Crippen molar-refractivity contribution in [3.63, 3.8) is 0 Å². The molecule has 0 unspecified atom stereocenters. The molecule has 3 heterocycles. The first-order valence-corrected chi connectivity index (χ1v) is 20.4. The fourth-order valence-electron chi connectivity index (χ4n) is 9.07. The lowest BCUT2D eigenvalue weighted by Gasteiger charge is -2.13. The van der Waals surface area contributed by atoms with Crippen molar-refractivity contribution in [1.29, 1.82) is 0 Å². The number of benzene rings is 9. The van der Waals surface area contributed by atoms with E-state index in [1.54, 1.807) is 0 Å². The van der Waals surface area contributed by atoms with Crippen molar-refractivity contribution in [3.05, 3.63) is 218 Å². The number of aromatic nitrogens is 4. The van der Waals surface area contributed by atoms with Gasteiger partial charge in [0.05, 0.1) is 44.5 Å². The van der Waals surface area contributed by atoms with Gasteiger partial charge in [0.15, 0.2) is 0 Å². The van der Waals surface area contributed by atoms with Crippen molar-refractivity contribution in [2.24, 2.45) is 0 Å². The smallest absolute Gasteiger partial charge is 0.0973 e. The van der Waals surface area contributed by atoms with Gasteiger partial charge in [-0.15, -0.1) is 0 Å². The first-order chi connectivity index (χ1) is 29.7. The second-order valence-corrected chi connectivity index (χ2v) is 15.4. The van der Waals surface area contributed by atoms with Crippen LogP contribution in [0.25, 0.3) is 111 Å². The predicted molar refractivity (Wildman–Crippen MR) is 250 cm³/mol. The molecule has 0 atom stereocenters. The second-order valence-electron chi connectivity index (χ2n) is 15.4. The van der Waals surface area contributed by atoms with Crippen molar-refractivity contribution in [2.45, 2.75) is 0 Å². The van der Waals surface area contributed by atoms with Gasteiger partial charge in [-0.2, -0.15) is 0 Å². The van der Waals surface area contributed by atoms with Crippen LogP contribution in [0.1, 0.15) is 0 Å². The van der Waals surface area contributed by atoms with Gasteiger partial charge >= 0.3 is 0 Å². The molecule has 280 valence electrons. The van der Waals surface area contributed by atoms with Crippen LogP contribution in [0.5, 0.6) is 0 Å². The average molecular weight is 765 g/mol. The molecule has 0 radical (unpaired) electrons. The molecule has 3 aromatic heterocycles. The van der Waals surface area contributed by atoms with Gasteiger partial charge in [0.1, 0.15) is 0 Å². The molecule has 4 nitrogen and oxygen atoms in total. The first-order valence-electron chi connectivity index (χ1n) is 20.4. The Morgan fingerprint density at radius 3 is 1.17 bits per heavy atom. The molecule has 4 heteroatoms. The largest absolute Gasteiger partial charge is 0.309 e. The Kier molecular flexibility index (Phi) is 7.82. The van der Waals surface area contributed by atoms with Gasteiger partial charge in [0.25, 0.3) is 0 Å². The Hall–Kier alpha value is -8.08. The summed E-state index contributed by atoms with van der Waals surface area (Å²) in [5.41, 5.74) is 17.3. The SMILES string of the molecule is c1ccc(-c2ccc3c(c2)c2cc(-c4ccc5c(c4)c4ccccc4n5-c4ccccc4)ccc2n3-c2ccc(-c3nc4ccccc4nc3-c3ccccc3)cc2)cc1. The molecule has 0 saturated heterocycles. The average Bonchev–Trinajstić information content (AvgIpc) is 3.84. The molecule has 9 aromatic carbocycles. The van der Waals surface area contributed by atoms with Gasteiger partial charge in [0, 0.05) is 44.0 Å². The van der Waals surface area contributed by atoms with E-state index >= 15 is 0 Å². The topological polar surface area (TPSA) is 35.6 Å². The molecule has 0 spiro atoms. The normalized spacial score (nSPS) is 11.7. The minimum Gasteiger partial charge on any atom is -0.309 e. The maximum Gasteiger partial charge on any atom is 0.0973 e. The van der Waals surface area contributed by atoms with Crippen LogP contribution < -0.4 is 0 Å². The standard InChI is InChI=1S/C56H36N4/c1-4-14-37(15-5-1)40-26-31-53-47(34-40)48-36-42(41-27-32-52-46(35-41)45-20-10-13-23-51(45)59(52)43-18-8-3-9-19-43)28-33-54(48)60(53)44-29-24-39(25-30-44)56-55(38-16-6-2-7-17-38)57-49-21-11-12-22-50(49)58-56/h1-36H. The van der Waals surface area contributed by atoms with Crippen LogP contribution in [0.15, 0.2) is 218 Å². The molecule has 0 saturated carbocycles. The Balaban J connectivity index is 1.02. The van der Waals surface area contributed by atoms with E-state index in [4.69, 9.17) is 9.97 Å². The quantitative estimate of drug-likeness (QED) is 0.169. The Labute approximate surface area is 346 Å². The molecular formula is C56H36N4. The van der Waals surface area contributed by atoms with E-state index in [9.17, 15) is 0 Å². The maximum atomic E-state index is 5.17. The number of para-hydroxylation sites is 4. The first kappa shape index (κ1) is 34.0. The van der Waals surface area contributed by atoms with Crippen molar-refractivity contribution in [2.75, 3.05) is 0 Å². The summed E-state index contributed by atoms with van der Waals surface area (Å²) in [7, 11) is 0. The summed E-state index contributed by atoms with van der Waals surface area (Å²) in [6.07, 6.45) is 0. The number of hydrogen-bond acceptors (Lipinski definition) is 2. The monoisotopic (exact) mass is 764 g/mol. The van der Waals surface area contributed by atoms with Gasteiger partial charge < -0.3 is 9.13 Å². The van der Waals surface area contributed by atoms with Gasteiger partial charge in [-0.05, 0) is 101 Å². The van der Waals surface area contributed by atoms with Crippen molar-refractivity contribution in [1.82, 2.24) is 19.1 Å². The van der Waals surface area contributed by atoms with Gasteiger partial charge in [-0.1, -0.05) is 140 Å². The fraction of sp³-hybridized carbons (Fsp3) is 0. The van der Waals surface area contributed by atoms with Crippen LogP contribution in [0.4, 0.5) is 0 Å². The summed E-state index contributed by atoms with van der Waals surface area (Å²) >= 11 is 0. The van der Waals surface area contributed by atoms with E-state index < -0.39 is 0 Å². The van der Waals surface area contributed by atoms with Crippen LogP contribution in [0.3, 0.4) is 0 Å². The van der Waals surface area contributed by atoms with E-state index in [2.05, 4.69) is 197 Å². The molecule has 0 N–H and O–H groups in total. The van der Waals surface area contributed by atoms with E-state index in [0.29, 0.717) is 0 Å². The minimum atomic E-state index is 0.870. The summed E-state index contributed by atoms with van der Waals surface area (Å²) in [6, 6.07) is 78.0. The zero-order chi connectivity index (χ0) is 39.6. The van der Waals surface area contributed by atoms with Crippen molar-refractivity contribution < 1.29 is 0 Å². The molecule has 60 heavy (non-hydrogen) atoms. The summed E-state index contributed by atoms with van der Waals surface area (Å²) in [5.74, 6) is 0. The highest BCUT2D eigenvalue weighted by atomic mass is 15.0. The van der Waals surface area contributed by atoms with E-state index in [-0.39, 0.29) is 0 Å². The van der Waals surface area contributed by atoms with Crippen LogP contribution >= 0.6 is 0 Å². The zero-order valence-corrected chi connectivity index (χ0v) is 32.6. The fourth-order valence-corrected chi connectivity index (χ4v) is 9.07. The number of nitrogens with zero attached hydrogens (tertiary/aromatic N) is 4. The van der Waals surface area contributed by atoms with Gasteiger partial charge in [-0.3, -0.25) is 0 Å². The summed E-state index contributed by atoms with van der Waals surface area (Å²) in [6.45, 7) is 0. The van der Waals surface area contributed by atoms with Crippen LogP contribution in [-0.2, 0) is 0 Å². The Morgan fingerprint density at radius 2 is 0.617 bits per heavy atom. The molecule has 0 bridgehead atoms. The highest BCUT2D eigenvalue weighted by Gasteiger charge is 2.18. The molecule has 0 amide bonds. The lowest BCUT2D eigenvalue weighted by atomic mass is 9.99. The van der Waals surface area contributed by atoms with E-state index in [0.717, 1.165) is 56.0 Å². The van der Waals surface area contributed by atoms with Gasteiger partial charge in [0.2, 0.25) is 0 Å². The van der Waals surface area contributed by atoms with E-state index in [1.165, 1.54) is 54.8 Å². The zero-order valence-electron chi connectivity index (χ0n) is 32.6. The van der Waals surface area contributed by atoms with Crippen molar-refractivity contribution in [3.8, 4) is 56.1 Å². The van der Waals surface area contributed by atoms with Crippen LogP contribution in [-0.4, -0.2) is 19.1 Å².